The molecule has 30 heavy (non-hydrogen) atoms. The number of anilines is 1. The van der Waals surface area contributed by atoms with E-state index in [1.165, 1.54) is 17.2 Å². The van der Waals surface area contributed by atoms with Crippen LogP contribution < -0.4 is 20.3 Å². The van der Waals surface area contributed by atoms with E-state index in [-0.39, 0.29) is 11.5 Å². The minimum absolute atomic E-state index is 0.278. The lowest BCUT2D eigenvalue weighted by atomic mass is 10.1. The SMILES string of the molecule is O=C(Nc1ccccc1-n1ncc2c(=O)[nH]cnc21)c1ccc2c(c1)OCCCO2. The van der Waals surface area contributed by atoms with Crippen molar-refractivity contribution in [1.29, 1.82) is 0 Å². The summed E-state index contributed by atoms with van der Waals surface area (Å²) in [5.74, 6) is 0.874. The first kappa shape index (κ1) is 17.9. The fourth-order valence-corrected chi connectivity index (χ4v) is 3.30. The zero-order chi connectivity index (χ0) is 20.5. The van der Waals surface area contributed by atoms with E-state index in [0.717, 1.165) is 6.42 Å². The highest BCUT2D eigenvalue weighted by Gasteiger charge is 2.17. The van der Waals surface area contributed by atoms with E-state index in [1.54, 1.807) is 36.4 Å². The molecule has 0 aliphatic carbocycles. The van der Waals surface area contributed by atoms with Gasteiger partial charge < -0.3 is 19.8 Å². The number of nitrogens with zero attached hydrogens (tertiary/aromatic N) is 3. The van der Waals surface area contributed by atoms with Gasteiger partial charge in [-0.2, -0.15) is 5.10 Å². The number of nitrogens with one attached hydrogen (secondary N) is 2. The summed E-state index contributed by atoms with van der Waals surface area (Å²) < 4.78 is 12.8. The fourth-order valence-electron chi connectivity index (χ4n) is 3.30. The van der Waals surface area contributed by atoms with Gasteiger partial charge in [-0.15, -0.1) is 0 Å². The maximum Gasteiger partial charge on any atom is 0.261 e. The van der Waals surface area contributed by atoms with Crippen molar-refractivity contribution in [2.45, 2.75) is 6.42 Å². The molecule has 150 valence electrons. The Morgan fingerprint density at radius 2 is 1.93 bits per heavy atom. The summed E-state index contributed by atoms with van der Waals surface area (Å²) in [7, 11) is 0. The molecule has 3 heterocycles. The van der Waals surface area contributed by atoms with Crippen LogP contribution in [0.15, 0.2) is 59.8 Å². The maximum atomic E-state index is 12.9. The van der Waals surface area contributed by atoms with Crippen LogP contribution in [0, 0.1) is 0 Å². The molecule has 1 aliphatic heterocycles. The van der Waals surface area contributed by atoms with Gasteiger partial charge in [0.05, 0.1) is 37.1 Å². The summed E-state index contributed by atoms with van der Waals surface area (Å²) >= 11 is 0. The monoisotopic (exact) mass is 403 g/mol. The van der Waals surface area contributed by atoms with Gasteiger partial charge in [0.15, 0.2) is 17.1 Å². The number of rotatable bonds is 3. The largest absolute Gasteiger partial charge is 0.490 e. The van der Waals surface area contributed by atoms with E-state index in [1.807, 2.05) is 6.07 Å². The van der Waals surface area contributed by atoms with E-state index in [0.29, 0.717) is 52.7 Å². The molecule has 0 unspecified atom stereocenters. The molecule has 1 aliphatic rings. The first-order valence-corrected chi connectivity index (χ1v) is 9.42. The van der Waals surface area contributed by atoms with Crippen LogP contribution in [0.1, 0.15) is 16.8 Å². The highest BCUT2D eigenvalue weighted by atomic mass is 16.5. The van der Waals surface area contributed by atoms with Crippen molar-refractivity contribution in [3.8, 4) is 17.2 Å². The molecule has 4 aromatic rings. The topological polar surface area (TPSA) is 111 Å². The molecule has 0 saturated carbocycles. The third-order valence-electron chi connectivity index (χ3n) is 4.76. The zero-order valence-corrected chi connectivity index (χ0v) is 15.8. The molecule has 1 amide bonds. The first-order valence-electron chi connectivity index (χ1n) is 9.42. The van der Waals surface area contributed by atoms with Crippen LogP contribution in [0.5, 0.6) is 11.5 Å². The van der Waals surface area contributed by atoms with Crippen molar-refractivity contribution in [3.05, 3.63) is 70.9 Å². The average molecular weight is 403 g/mol. The van der Waals surface area contributed by atoms with E-state index in [9.17, 15) is 9.59 Å². The van der Waals surface area contributed by atoms with Crippen LogP contribution in [0.3, 0.4) is 0 Å². The van der Waals surface area contributed by atoms with Crippen molar-refractivity contribution >= 4 is 22.6 Å². The molecular weight excluding hydrogens is 386 g/mol. The van der Waals surface area contributed by atoms with E-state index >= 15 is 0 Å². The van der Waals surface area contributed by atoms with Gasteiger partial charge in [0.1, 0.15) is 5.39 Å². The molecule has 0 atom stereocenters. The summed E-state index contributed by atoms with van der Waals surface area (Å²) in [5, 5.41) is 7.55. The van der Waals surface area contributed by atoms with Gasteiger partial charge in [0.2, 0.25) is 0 Å². The van der Waals surface area contributed by atoms with Crippen LogP contribution in [0.4, 0.5) is 5.69 Å². The number of para-hydroxylation sites is 2. The maximum absolute atomic E-state index is 12.9. The van der Waals surface area contributed by atoms with Crippen molar-refractivity contribution in [3.63, 3.8) is 0 Å². The second-order valence-electron chi connectivity index (χ2n) is 6.71. The zero-order valence-electron chi connectivity index (χ0n) is 15.8. The Bertz CT molecular complexity index is 1310. The molecular formula is C21H17N5O4. The Morgan fingerprint density at radius 3 is 2.83 bits per heavy atom. The molecule has 0 fully saturated rings. The quantitative estimate of drug-likeness (QED) is 0.544. The van der Waals surface area contributed by atoms with Gasteiger partial charge in [-0.05, 0) is 30.3 Å². The van der Waals surface area contributed by atoms with Crippen LogP contribution >= 0.6 is 0 Å². The van der Waals surface area contributed by atoms with Gasteiger partial charge in [-0.25, -0.2) is 9.67 Å². The van der Waals surface area contributed by atoms with Gasteiger partial charge in [-0.1, -0.05) is 12.1 Å². The van der Waals surface area contributed by atoms with Gasteiger partial charge in [-0.3, -0.25) is 9.59 Å². The number of carbonyl (C=O) groups is 1. The van der Waals surface area contributed by atoms with Crippen LogP contribution in [-0.4, -0.2) is 38.9 Å². The third kappa shape index (κ3) is 3.16. The third-order valence-corrected chi connectivity index (χ3v) is 4.76. The number of carbonyl (C=O) groups excluding carboxylic acids is 1. The van der Waals surface area contributed by atoms with Crippen LogP contribution in [-0.2, 0) is 0 Å². The molecule has 0 spiro atoms. The van der Waals surface area contributed by atoms with Crippen molar-refractivity contribution in [1.82, 2.24) is 19.7 Å². The summed E-state index contributed by atoms with van der Waals surface area (Å²) in [6.45, 7) is 1.13. The molecule has 9 heteroatoms. The van der Waals surface area contributed by atoms with E-state index in [2.05, 4.69) is 20.4 Å². The lowest BCUT2D eigenvalue weighted by Crippen LogP contribution is -2.14. The normalized spacial score (nSPS) is 13.1. The van der Waals surface area contributed by atoms with Crippen LogP contribution in [0.2, 0.25) is 0 Å². The van der Waals surface area contributed by atoms with Gasteiger partial charge in [0.25, 0.3) is 11.5 Å². The Hall–Kier alpha value is -4.14. The number of hydrogen-bond donors (Lipinski definition) is 2. The van der Waals surface area contributed by atoms with E-state index in [4.69, 9.17) is 9.47 Å². The molecule has 0 bridgehead atoms. The van der Waals surface area contributed by atoms with Gasteiger partial charge in [0, 0.05) is 12.0 Å². The Labute approximate surface area is 170 Å². The Morgan fingerprint density at radius 1 is 1.10 bits per heavy atom. The molecule has 2 aromatic carbocycles. The summed E-state index contributed by atoms with van der Waals surface area (Å²) in [6, 6.07) is 12.3. The van der Waals surface area contributed by atoms with Crippen molar-refractivity contribution in [2.75, 3.05) is 18.5 Å². The standard InChI is InChI=1S/C21H17N5O4/c27-20(13-6-7-17-18(10-13)30-9-3-8-29-17)25-15-4-1-2-5-16(15)26-19-14(11-24-26)21(28)23-12-22-19/h1-2,4-7,10-12H,3,8-9H2,(H,25,27)(H,22,23,28). The Balaban J connectivity index is 1.49. The summed E-state index contributed by atoms with van der Waals surface area (Å²) in [4.78, 5) is 31.6. The molecule has 5 rings (SSSR count). The average Bonchev–Trinajstić information content (AvgIpc) is 3.06. The summed E-state index contributed by atoms with van der Waals surface area (Å²) in [6.07, 6.45) is 3.56. The Kier molecular flexibility index (Phi) is 4.40. The number of hydrogen-bond acceptors (Lipinski definition) is 6. The highest BCUT2D eigenvalue weighted by Crippen LogP contribution is 2.31. The second-order valence-corrected chi connectivity index (χ2v) is 6.71. The number of amides is 1. The predicted octanol–water partition coefficient (Wildman–Crippen LogP) is 2.52. The number of aromatic nitrogens is 4. The van der Waals surface area contributed by atoms with Crippen molar-refractivity contribution in [2.24, 2.45) is 0 Å². The number of aromatic amines is 1. The fraction of sp³-hybridized carbons (Fsp3) is 0.143. The minimum Gasteiger partial charge on any atom is -0.490 e. The van der Waals surface area contributed by atoms with Gasteiger partial charge >= 0.3 is 0 Å². The smallest absolute Gasteiger partial charge is 0.261 e. The molecule has 2 aromatic heterocycles. The number of ether oxygens (including phenoxy) is 2. The molecule has 0 saturated heterocycles. The second kappa shape index (κ2) is 7.36. The van der Waals surface area contributed by atoms with Crippen LogP contribution in [0.25, 0.3) is 16.7 Å². The first-order chi connectivity index (χ1) is 14.7. The molecule has 9 nitrogen and oxygen atoms in total. The lowest BCUT2D eigenvalue weighted by molar-refractivity contribution is 0.102. The molecule has 2 N–H and O–H groups in total. The summed E-state index contributed by atoms with van der Waals surface area (Å²) in [5.41, 5.74) is 1.68. The highest BCUT2D eigenvalue weighted by molar-refractivity contribution is 6.05. The predicted molar refractivity (Wildman–Crippen MR) is 109 cm³/mol. The molecule has 0 radical (unpaired) electrons. The number of fused-ring (bicyclic) bond motifs is 2. The number of benzene rings is 2. The lowest BCUT2D eigenvalue weighted by Gasteiger charge is -2.13. The van der Waals surface area contributed by atoms with Crippen molar-refractivity contribution < 1.29 is 14.3 Å². The van der Waals surface area contributed by atoms with E-state index < -0.39 is 0 Å². The number of H-pyrrole nitrogens is 1. The minimum atomic E-state index is -0.305.